The van der Waals surface area contributed by atoms with Crippen LogP contribution in [-0.4, -0.2) is 65.5 Å². The number of aliphatic hydroxyl groups is 1. The van der Waals surface area contributed by atoms with Crippen LogP contribution in [0.15, 0.2) is 47.3 Å². The fourth-order valence-corrected chi connectivity index (χ4v) is 5.10. The highest BCUT2D eigenvalue weighted by Crippen LogP contribution is 2.31. The van der Waals surface area contributed by atoms with Crippen LogP contribution in [0.25, 0.3) is 10.2 Å². The molecule has 3 aromatic rings. The molecule has 1 aromatic heterocycles. The van der Waals surface area contributed by atoms with Crippen molar-refractivity contribution in [2.24, 2.45) is 0 Å². The summed E-state index contributed by atoms with van der Waals surface area (Å²) in [7, 11) is 0. The molecule has 2 heterocycles. The monoisotopic (exact) mass is 457 g/mol. The van der Waals surface area contributed by atoms with Gasteiger partial charge < -0.3 is 30.2 Å². The van der Waals surface area contributed by atoms with Gasteiger partial charge in [0.05, 0.1) is 24.0 Å². The number of phenolic OH excluding ortho intramolecular Hbond substituents is 1. The zero-order valence-corrected chi connectivity index (χ0v) is 18.9. The molecule has 172 valence electrons. The lowest BCUT2D eigenvalue weighted by Crippen LogP contribution is -2.44. The number of thiazole rings is 1. The molecule has 1 fully saturated rings. The van der Waals surface area contributed by atoms with Crippen molar-refractivity contribution >= 4 is 21.6 Å². The predicted octanol–water partition coefficient (Wildman–Crippen LogP) is 2.64. The van der Waals surface area contributed by atoms with Crippen molar-refractivity contribution in [2.45, 2.75) is 31.4 Å². The van der Waals surface area contributed by atoms with Gasteiger partial charge in [0.1, 0.15) is 11.3 Å². The number of aromatic nitrogens is 1. The smallest absolute Gasteiger partial charge is 0.305 e. The number of H-pyrrole nitrogens is 1. The van der Waals surface area contributed by atoms with Crippen LogP contribution in [-0.2, 0) is 11.2 Å². The summed E-state index contributed by atoms with van der Waals surface area (Å²) in [6.45, 7) is 4.89. The van der Waals surface area contributed by atoms with Crippen LogP contribution in [0.3, 0.4) is 0 Å². The molecule has 2 aromatic carbocycles. The highest BCUT2D eigenvalue weighted by atomic mass is 32.1. The normalized spacial score (nSPS) is 16.5. The van der Waals surface area contributed by atoms with Gasteiger partial charge in [0, 0.05) is 24.7 Å². The van der Waals surface area contributed by atoms with Crippen LogP contribution in [0.2, 0.25) is 0 Å². The molecule has 4 rings (SSSR count). The summed E-state index contributed by atoms with van der Waals surface area (Å²) in [4.78, 5) is 16.5. The van der Waals surface area contributed by atoms with E-state index in [0.29, 0.717) is 28.4 Å². The molecular formula is C24H31N3O4S. The van der Waals surface area contributed by atoms with Gasteiger partial charge in [0.2, 0.25) is 0 Å². The molecule has 0 saturated carbocycles. The number of hydrogen-bond acceptors (Lipinski definition) is 7. The van der Waals surface area contributed by atoms with Crippen molar-refractivity contribution in [3.8, 4) is 5.75 Å². The summed E-state index contributed by atoms with van der Waals surface area (Å²) in [6.07, 6.45) is 2.26. The standard InChI is InChI=1S/C24H31N3O4S/c28-20-7-6-19(23-22(20)26-24(30)32-23)21(29)16-25-18-8-11-27(12-9-18)13-15-31-14-10-17-4-2-1-3-5-17/h1-7,18,21,25,28-29H,8-16H2,(H,26,30)/t21-/m0/s1. The number of aliphatic hydroxyl groups excluding tert-OH is 1. The number of phenols is 1. The van der Waals surface area contributed by atoms with Crippen LogP contribution in [0, 0.1) is 0 Å². The highest BCUT2D eigenvalue weighted by molar-refractivity contribution is 7.16. The predicted molar refractivity (Wildman–Crippen MR) is 128 cm³/mol. The number of piperidine rings is 1. The molecular weight excluding hydrogens is 426 g/mol. The first-order valence-corrected chi connectivity index (χ1v) is 12.0. The van der Waals surface area contributed by atoms with E-state index in [4.69, 9.17) is 4.74 Å². The number of aromatic amines is 1. The number of fused-ring (bicyclic) bond motifs is 1. The Morgan fingerprint density at radius 1 is 1.16 bits per heavy atom. The van der Waals surface area contributed by atoms with Crippen LogP contribution in [0.4, 0.5) is 0 Å². The lowest BCUT2D eigenvalue weighted by atomic mass is 10.0. The summed E-state index contributed by atoms with van der Waals surface area (Å²) in [5.74, 6) is 0.0266. The number of hydrogen-bond donors (Lipinski definition) is 4. The average Bonchev–Trinajstić information content (AvgIpc) is 3.21. The van der Waals surface area contributed by atoms with Gasteiger partial charge in [-0.05, 0) is 44.0 Å². The molecule has 32 heavy (non-hydrogen) atoms. The molecule has 1 aliphatic heterocycles. The van der Waals surface area contributed by atoms with Crippen LogP contribution in [0.5, 0.6) is 5.75 Å². The van der Waals surface area contributed by atoms with Crippen molar-refractivity contribution in [3.63, 3.8) is 0 Å². The van der Waals surface area contributed by atoms with E-state index in [9.17, 15) is 15.0 Å². The van der Waals surface area contributed by atoms with Crippen LogP contribution >= 0.6 is 11.3 Å². The number of benzene rings is 2. The third-order valence-corrected chi connectivity index (χ3v) is 7.00. The number of nitrogens with one attached hydrogen (secondary N) is 2. The first-order chi connectivity index (χ1) is 15.6. The SMILES string of the molecule is O=c1[nH]c2c(O)ccc([C@@H](O)CNC3CCN(CCOCCc4ccccc4)CC3)c2s1. The van der Waals surface area contributed by atoms with Crippen molar-refractivity contribution in [1.82, 2.24) is 15.2 Å². The Hall–Kier alpha value is -2.23. The maximum absolute atomic E-state index is 11.7. The van der Waals surface area contributed by atoms with Crippen LogP contribution in [0.1, 0.15) is 30.1 Å². The van der Waals surface area contributed by atoms with Gasteiger partial charge in [-0.3, -0.25) is 4.79 Å². The van der Waals surface area contributed by atoms with Gasteiger partial charge in [-0.25, -0.2) is 0 Å². The Morgan fingerprint density at radius 3 is 2.72 bits per heavy atom. The average molecular weight is 458 g/mol. The maximum Gasteiger partial charge on any atom is 0.305 e. The largest absolute Gasteiger partial charge is 0.506 e. The molecule has 0 aliphatic carbocycles. The van der Waals surface area contributed by atoms with Gasteiger partial charge in [-0.2, -0.15) is 0 Å². The summed E-state index contributed by atoms with van der Waals surface area (Å²) < 4.78 is 6.43. The molecule has 8 heteroatoms. The van der Waals surface area contributed by atoms with Crippen molar-refractivity contribution in [1.29, 1.82) is 0 Å². The summed E-state index contributed by atoms with van der Waals surface area (Å²) in [5.41, 5.74) is 2.37. The molecule has 0 spiro atoms. The van der Waals surface area contributed by atoms with E-state index >= 15 is 0 Å². The first kappa shape index (κ1) is 22.9. The number of rotatable bonds is 10. The van der Waals surface area contributed by atoms with Gasteiger partial charge in [0.25, 0.3) is 0 Å². The first-order valence-electron chi connectivity index (χ1n) is 11.2. The zero-order chi connectivity index (χ0) is 22.3. The number of nitrogens with zero attached hydrogens (tertiary/aromatic N) is 1. The molecule has 0 amide bonds. The Morgan fingerprint density at radius 2 is 1.94 bits per heavy atom. The minimum atomic E-state index is -0.736. The van der Waals surface area contributed by atoms with E-state index in [1.807, 2.05) is 6.07 Å². The zero-order valence-electron chi connectivity index (χ0n) is 18.1. The Labute approximate surface area is 191 Å². The summed E-state index contributed by atoms with van der Waals surface area (Å²) >= 11 is 1.02. The second-order valence-corrected chi connectivity index (χ2v) is 9.26. The lowest BCUT2D eigenvalue weighted by molar-refractivity contribution is 0.0914. The number of aromatic hydroxyl groups is 1. The minimum Gasteiger partial charge on any atom is -0.506 e. The summed E-state index contributed by atoms with van der Waals surface area (Å²) in [5, 5.41) is 24.1. The molecule has 0 bridgehead atoms. The third kappa shape index (κ3) is 5.96. The molecule has 0 radical (unpaired) electrons. The molecule has 7 nitrogen and oxygen atoms in total. The fraction of sp³-hybridized carbons (Fsp3) is 0.458. The lowest BCUT2D eigenvalue weighted by Gasteiger charge is -2.32. The quantitative estimate of drug-likeness (QED) is 0.350. The maximum atomic E-state index is 11.7. The Bertz CT molecular complexity index is 1040. The van der Waals surface area contributed by atoms with Gasteiger partial charge in [-0.15, -0.1) is 0 Å². The Kier molecular flexibility index (Phi) is 7.94. The minimum absolute atomic E-state index is 0.0266. The van der Waals surface area contributed by atoms with Gasteiger partial charge >= 0.3 is 4.87 Å². The van der Waals surface area contributed by atoms with E-state index in [1.54, 1.807) is 6.07 Å². The van der Waals surface area contributed by atoms with E-state index in [-0.39, 0.29) is 10.6 Å². The third-order valence-electron chi connectivity index (χ3n) is 6.06. The van der Waals surface area contributed by atoms with Crippen molar-refractivity contribution in [3.05, 3.63) is 63.3 Å². The summed E-state index contributed by atoms with van der Waals surface area (Å²) in [6, 6.07) is 14.0. The van der Waals surface area contributed by atoms with E-state index in [1.165, 1.54) is 11.6 Å². The van der Waals surface area contributed by atoms with Crippen LogP contribution < -0.4 is 10.2 Å². The second kappa shape index (κ2) is 11.1. The van der Waals surface area contributed by atoms with E-state index < -0.39 is 6.10 Å². The molecule has 1 aliphatic rings. The molecule has 1 saturated heterocycles. The molecule has 1 atom stereocenters. The number of ether oxygens (including phenoxy) is 1. The fourth-order valence-electron chi connectivity index (χ4n) is 4.18. The topological polar surface area (TPSA) is 97.8 Å². The van der Waals surface area contributed by atoms with Gasteiger partial charge in [0.15, 0.2) is 0 Å². The second-order valence-electron chi connectivity index (χ2n) is 8.28. The number of likely N-dealkylation sites (tertiary alicyclic amines) is 1. The van der Waals surface area contributed by atoms with Gasteiger partial charge in [-0.1, -0.05) is 47.7 Å². The van der Waals surface area contributed by atoms with Crippen molar-refractivity contribution < 1.29 is 14.9 Å². The highest BCUT2D eigenvalue weighted by Gasteiger charge is 2.21. The Balaban J connectivity index is 1.15. The van der Waals surface area contributed by atoms with E-state index in [2.05, 4.69) is 39.5 Å². The van der Waals surface area contributed by atoms with Crippen molar-refractivity contribution in [2.75, 3.05) is 39.4 Å². The van der Waals surface area contributed by atoms with E-state index in [0.717, 1.165) is 63.4 Å². The molecule has 4 N–H and O–H groups in total. The molecule has 0 unspecified atom stereocenters.